The topological polar surface area (TPSA) is 23.4 Å². The van der Waals surface area contributed by atoms with Gasteiger partial charge >= 0.3 is 7.12 Å². The molecule has 0 radical (unpaired) electrons. The summed E-state index contributed by atoms with van der Waals surface area (Å²) in [4.78, 5) is 0. The zero-order valence-corrected chi connectivity index (χ0v) is 16.2. The van der Waals surface area contributed by atoms with Crippen LogP contribution in [0.5, 0.6) is 0 Å². The second kappa shape index (κ2) is 5.97. The van der Waals surface area contributed by atoms with Crippen LogP contribution in [0.15, 0.2) is 72.6 Å². The summed E-state index contributed by atoms with van der Waals surface area (Å²) in [6, 6.07) is 6.73. The molecule has 140 valence electrons. The predicted molar refractivity (Wildman–Crippen MR) is 116 cm³/mol. The molecule has 0 N–H and O–H groups in total. The van der Waals surface area contributed by atoms with Gasteiger partial charge in [0.05, 0.1) is 31.8 Å². The molecule has 0 saturated carbocycles. The van der Waals surface area contributed by atoms with Gasteiger partial charge < -0.3 is 13.9 Å². The number of fused-ring (bicyclic) bond motifs is 3. The molecule has 0 unspecified atom stereocenters. The Morgan fingerprint density at radius 2 is 1.46 bits per heavy atom. The summed E-state index contributed by atoms with van der Waals surface area (Å²) < 4.78 is 74.3. The zero-order valence-electron chi connectivity index (χ0n) is 23.2. The molecule has 0 atom stereocenters. The van der Waals surface area contributed by atoms with Gasteiger partial charge in [-0.2, -0.15) is 0 Å². The van der Waals surface area contributed by atoms with Crippen LogP contribution in [-0.4, -0.2) is 22.9 Å². The first kappa shape index (κ1) is 11.4. The lowest BCUT2D eigenvalue weighted by molar-refractivity contribution is 0.00578. The van der Waals surface area contributed by atoms with Gasteiger partial charge in [-0.25, -0.2) is 0 Å². The predicted octanol–water partition coefficient (Wildman–Crippen LogP) is 5.08. The molecule has 5 rings (SSSR count). The summed E-state index contributed by atoms with van der Waals surface area (Å²) in [5.74, 6) is 0. The first-order valence-corrected chi connectivity index (χ1v) is 9.25. The molecule has 4 aromatic rings. The Morgan fingerprint density at radius 3 is 2.18 bits per heavy atom. The molecule has 1 aliphatic rings. The maximum Gasteiger partial charge on any atom is 0.495 e. The Hall–Kier alpha value is -2.56. The molecule has 0 spiro atoms. The van der Waals surface area contributed by atoms with Gasteiger partial charge in [-0.1, -0.05) is 48.4 Å². The van der Waals surface area contributed by atoms with E-state index in [-0.39, 0.29) is 57.5 Å². The highest BCUT2D eigenvalue weighted by Crippen LogP contribution is 2.38. The van der Waals surface area contributed by atoms with Crippen molar-refractivity contribution in [1.82, 2.24) is 4.57 Å². The number of para-hydroxylation sites is 2. The normalized spacial score (nSPS) is 21.7. The van der Waals surface area contributed by atoms with E-state index in [4.69, 9.17) is 18.9 Å². The lowest BCUT2D eigenvalue weighted by atomic mass is 9.76. The summed E-state index contributed by atoms with van der Waals surface area (Å²) in [5.41, 5.74) is -0.338. The number of benzene rings is 3. The smallest absolute Gasteiger partial charge is 0.399 e. The minimum atomic E-state index is -1.06. The molecule has 3 aromatic carbocycles. The van der Waals surface area contributed by atoms with E-state index in [9.17, 15) is 0 Å². The van der Waals surface area contributed by atoms with Crippen LogP contribution < -0.4 is 5.46 Å². The van der Waals surface area contributed by atoms with Crippen molar-refractivity contribution in [3.63, 3.8) is 0 Å². The van der Waals surface area contributed by atoms with Crippen molar-refractivity contribution in [2.75, 3.05) is 0 Å². The van der Waals surface area contributed by atoms with Gasteiger partial charge in [0, 0.05) is 16.5 Å². The summed E-state index contributed by atoms with van der Waals surface area (Å²) in [6.45, 7) is 7.47. The Labute approximate surface area is 175 Å². The third kappa shape index (κ3) is 2.45. The summed E-state index contributed by atoms with van der Waals surface area (Å²) in [5, 5.41) is 0.432. The van der Waals surface area contributed by atoms with Crippen LogP contribution in [0.3, 0.4) is 0 Å². The Bertz CT molecular complexity index is 1520. The van der Waals surface area contributed by atoms with Crippen molar-refractivity contribution in [1.29, 1.82) is 0 Å². The molecular formula is C24H24BNO2. The molecule has 0 aliphatic carbocycles. The average molecular weight is 376 g/mol. The van der Waals surface area contributed by atoms with E-state index in [1.807, 2.05) is 33.8 Å². The van der Waals surface area contributed by atoms with Crippen molar-refractivity contribution in [2.24, 2.45) is 0 Å². The molecule has 1 fully saturated rings. The Morgan fingerprint density at radius 1 is 0.821 bits per heavy atom. The van der Waals surface area contributed by atoms with E-state index in [0.29, 0.717) is 5.69 Å². The number of aromatic nitrogens is 1. The number of hydrogen-bond acceptors (Lipinski definition) is 2. The fourth-order valence-corrected chi connectivity index (χ4v) is 3.57. The quantitative estimate of drug-likeness (QED) is 0.456. The van der Waals surface area contributed by atoms with Crippen LogP contribution in [0.25, 0.3) is 27.5 Å². The summed E-state index contributed by atoms with van der Waals surface area (Å²) in [7, 11) is -1.06. The molecular weight excluding hydrogens is 345 g/mol. The number of rotatable bonds is 2. The van der Waals surface area contributed by atoms with Gasteiger partial charge in [-0.3, -0.25) is 0 Å². The van der Waals surface area contributed by atoms with Crippen molar-refractivity contribution in [3.8, 4) is 5.69 Å². The molecule has 0 amide bonds. The van der Waals surface area contributed by atoms with Crippen LogP contribution in [0.2, 0.25) is 0 Å². The maximum absolute atomic E-state index is 8.80. The van der Waals surface area contributed by atoms with Crippen LogP contribution in [0.1, 0.15) is 37.3 Å². The minimum Gasteiger partial charge on any atom is -0.399 e. The van der Waals surface area contributed by atoms with Crippen molar-refractivity contribution < 1.29 is 18.9 Å². The first-order valence-electron chi connectivity index (χ1n) is 12.7. The van der Waals surface area contributed by atoms with Crippen molar-refractivity contribution in [2.45, 2.75) is 38.9 Å². The van der Waals surface area contributed by atoms with Crippen LogP contribution in [-0.2, 0) is 9.31 Å². The molecule has 3 nitrogen and oxygen atoms in total. The lowest BCUT2D eigenvalue weighted by Crippen LogP contribution is -2.41. The number of nitrogens with zero attached hydrogens (tertiary/aromatic N) is 1. The van der Waals surface area contributed by atoms with Gasteiger partial charge in [-0.15, -0.1) is 0 Å². The average Bonchev–Trinajstić information content (AvgIpc) is 3.26. The second-order valence-electron chi connectivity index (χ2n) is 8.00. The van der Waals surface area contributed by atoms with Gasteiger partial charge in [0.25, 0.3) is 0 Å². The van der Waals surface area contributed by atoms with E-state index in [0.717, 1.165) is 0 Å². The zero-order chi connectivity index (χ0) is 25.6. The largest absolute Gasteiger partial charge is 0.495 e. The molecule has 28 heavy (non-hydrogen) atoms. The fraction of sp³-hybridized carbons (Fsp3) is 0.250. The van der Waals surface area contributed by atoms with E-state index >= 15 is 0 Å². The molecule has 1 saturated heterocycles. The number of hydrogen-bond donors (Lipinski definition) is 0. The SMILES string of the molecule is [2H]c1c([2H])c([2H])c2c(c1[2H])c1c(B3OC(C)(C)C(C)(C)O3)c([2H])c([2H])c([2H])c1n2-c1ccccc1. The molecule has 2 heterocycles. The van der Waals surface area contributed by atoms with E-state index in [1.165, 1.54) is 0 Å². The van der Waals surface area contributed by atoms with Gasteiger partial charge in [-0.05, 0) is 57.4 Å². The highest BCUT2D eigenvalue weighted by Gasteiger charge is 2.52. The standard InChI is InChI=1S/C24H24BNO2/c1-23(2)24(3,4)28-25(27-23)19-14-10-16-21-22(19)18-13-8-9-15-20(18)26(21)17-11-6-5-7-12-17/h5-16H,1-4H3/i8D,9D,10D,13D,14D,15D,16D. The summed E-state index contributed by atoms with van der Waals surface area (Å²) in [6.07, 6.45) is 0. The van der Waals surface area contributed by atoms with Gasteiger partial charge in [0.1, 0.15) is 0 Å². The molecule has 0 bridgehead atoms. The highest BCUT2D eigenvalue weighted by molar-refractivity contribution is 6.66. The monoisotopic (exact) mass is 376 g/mol. The van der Waals surface area contributed by atoms with Gasteiger partial charge in [0.2, 0.25) is 0 Å². The van der Waals surface area contributed by atoms with Crippen LogP contribution in [0.4, 0.5) is 0 Å². The van der Waals surface area contributed by atoms with Crippen LogP contribution in [0, 0.1) is 0 Å². The lowest BCUT2D eigenvalue weighted by Gasteiger charge is -2.32. The van der Waals surface area contributed by atoms with E-state index < -0.39 is 30.4 Å². The Kier molecular flexibility index (Phi) is 2.44. The fourth-order valence-electron chi connectivity index (χ4n) is 3.57. The molecule has 1 aromatic heterocycles. The third-order valence-electron chi connectivity index (χ3n) is 5.75. The maximum atomic E-state index is 8.80. The second-order valence-corrected chi connectivity index (χ2v) is 8.00. The molecule has 4 heteroatoms. The highest BCUT2D eigenvalue weighted by atomic mass is 16.7. The van der Waals surface area contributed by atoms with Gasteiger partial charge in [0.15, 0.2) is 0 Å². The van der Waals surface area contributed by atoms with E-state index in [2.05, 4.69) is 0 Å². The first-order chi connectivity index (χ1) is 16.3. The minimum absolute atomic E-state index is 0.168. The van der Waals surface area contributed by atoms with E-state index in [1.54, 1.807) is 28.8 Å². The third-order valence-corrected chi connectivity index (χ3v) is 5.75. The summed E-state index contributed by atoms with van der Waals surface area (Å²) >= 11 is 0. The van der Waals surface area contributed by atoms with Crippen LogP contribution >= 0.6 is 0 Å². The van der Waals surface area contributed by atoms with Crippen molar-refractivity contribution >= 4 is 34.4 Å². The molecule has 1 aliphatic heterocycles. The Balaban J connectivity index is 2.06. The van der Waals surface area contributed by atoms with Crippen molar-refractivity contribution in [3.05, 3.63) is 72.6 Å².